The smallest absolute Gasteiger partial charge is 0.320 e. The second-order valence-electron chi connectivity index (χ2n) is 17.6. The predicted molar refractivity (Wildman–Crippen MR) is 225 cm³/mol. The SMILES string of the molecule is CC(C)COC(=O)CN(CC(=O)OC(C)(C)C)C1CCCCC1N(CC(=O)OC(C)(C)C)Cc1ccc(C(=O)NCCN(Cc2ccccn2)Cc2ccccn2)cn1. The van der Waals surface area contributed by atoms with E-state index in [4.69, 9.17) is 14.2 Å². The molecule has 1 aliphatic carbocycles. The van der Waals surface area contributed by atoms with Crippen LogP contribution in [-0.4, -0.2) is 116 Å². The Balaban J connectivity index is 1.50. The molecule has 0 aliphatic heterocycles. The van der Waals surface area contributed by atoms with Crippen molar-refractivity contribution in [1.29, 1.82) is 0 Å². The number of amides is 1. The summed E-state index contributed by atoms with van der Waals surface area (Å²) in [5.74, 6) is -1.35. The van der Waals surface area contributed by atoms with Gasteiger partial charge in [-0.3, -0.25) is 48.8 Å². The lowest BCUT2D eigenvalue weighted by Gasteiger charge is -2.44. The number of carbonyl (C=O) groups is 4. The maximum absolute atomic E-state index is 13.4. The van der Waals surface area contributed by atoms with Crippen molar-refractivity contribution in [1.82, 2.24) is 35.0 Å². The summed E-state index contributed by atoms with van der Waals surface area (Å²) in [6, 6.07) is 14.7. The highest BCUT2D eigenvalue weighted by atomic mass is 16.6. The normalized spacial score (nSPS) is 16.0. The molecule has 3 aromatic heterocycles. The van der Waals surface area contributed by atoms with E-state index in [2.05, 4.69) is 25.2 Å². The zero-order chi connectivity index (χ0) is 43.0. The number of hydrogen-bond acceptors (Lipinski definition) is 13. The Labute approximate surface area is 350 Å². The van der Waals surface area contributed by atoms with Crippen LogP contribution in [0, 0.1) is 5.92 Å². The van der Waals surface area contributed by atoms with Gasteiger partial charge in [0.25, 0.3) is 5.91 Å². The molecule has 2 atom stereocenters. The van der Waals surface area contributed by atoms with Gasteiger partial charge >= 0.3 is 17.9 Å². The van der Waals surface area contributed by atoms with Crippen LogP contribution in [0.15, 0.2) is 67.1 Å². The molecule has 3 heterocycles. The first kappa shape index (κ1) is 46.9. The molecule has 4 rings (SSSR count). The summed E-state index contributed by atoms with van der Waals surface area (Å²) < 4.78 is 17.0. The van der Waals surface area contributed by atoms with Crippen molar-refractivity contribution >= 4 is 23.8 Å². The molecule has 14 heteroatoms. The zero-order valence-electron chi connectivity index (χ0n) is 36.3. The molecule has 322 valence electrons. The van der Waals surface area contributed by atoms with Crippen LogP contribution < -0.4 is 5.32 Å². The Hall–Kier alpha value is -4.79. The molecule has 0 aromatic carbocycles. The molecule has 1 saturated carbocycles. The third kappa shape index (κ3) is 17.5. The van der Waals surface area contributed by atoms with Gasteiger partial charge in [-0.05, 0) is 96.7 Å². The van der Waals surface area contributed by atoms with Gasteiger partial charge in [0, 0.05) is 63.4 Å². The van der Waals surface area contributed by atoms with Crippen LogP contribution in [0.25, 0.3) is 0 Å². The first-order valence-electron chi connectivity index (χ1n) is 20.8. The van der Waals surface area contributed by atoms with Crippen molar-refractivity contribution in [2.24, 2.45) is 5.92 Å². The summed E-state index contributed by atoms with van der Waals surface area (Å²) in [6.45, 7) is 17.3. The summed E-state index contributed by atoms with van der Waals surface area (Å²) in [5, 5.41) is 3.03. The lowest BCUT2D eigenvalue weighted by atomic mass is 9.87. The molecular formula is C45H65N7O7. The molecule has 0 bridgehead atoms. The number of nitrogens with zero attached hydrogens (tertiary/aromatic N) is 6. The van der Waals surface area contributed by atoms with Crippen molar-refractivity contribution in [3.63, 3.8) is 0 Å². The minimum Gasteiger partial charge on any atom is -0.464 e. The third-order valence-electron chi connectivity index (χ3n) is 9.44. The molecular weight excluding hydrogens is 751 g/mol. The molecule has 2 unspecified atom stereocenters. The van der Waals surface area contributed by atoms with Gasteiger partial charge in [-0.15, -0.1) is 0 Å². The quantitative estimate of drug-likeness (QED) is 0.111. The van der Waals surface area contributed by atoms with Crippen LogP contribution in [0.4, 0.5) is 0 Å². The Morgan fingerprint density at radius 3 is 1.71 bits per heavy atom. The number of nitrogens with one attached hydrogen (secondary N) is 1. The highest BCUT2D eigenvalue weighted by Gasteiger charge is 2.38. The fourth-order valence-electron chi connectivity index (χ4n) is 7.02. The molecule has 1 amide bonds. The molecule has 0 saturated heterocycles. The molecule has 59 heavy (non-hydrogen) atoms. The summed E-state index contributed by atoms with van der Waals surface area (Å²) in [6.07, 6.45) is 8.30. The topological polar surface area (TPSA) is 156 Å². The van der Waals surface area contributed by atoms with Crippen molar-refractivity contribution in [2.45, 2.75) is 124 Å². The molecule has 0 spiro atoms. The van der Waals surface area contributed by atoms with E-state index in [1.807, 2.05) is 102 Å². The average molecular weight is 816 g/mol. The van der Waals surface area contributed by atoms with Gasteiger partial charge in [-0.2, -0.15) is 0 Å². The second-order valence-corrected chi connectivity index (χ2v) is 17.6. The van der Waals surface area contributed by atoms with Gasteiger partial charge in [-0.1, -0.05) is 38.8 Å². The van der Waals surface area contributed by atoms with E-state index < -0.39 is 29.1 Å². The first-order valence-corrected chi connectivity index (χ1v) is 20.8. The number of aromatic nitrogens is 3. The largest absolute Gasteiger partial charge is 0.464 e. The number of esters is 3. The van der Waals surface area contributed by atoms with Crippen LogP contribution in [0.5, 0.6) is 0 Å². The summed E-state index contributed by atoms with van der Waals surface area (Å²) >= 11 is 0. The van der Waals surface area contributed by atoms with Crippen LogP contribution in [0.3, 0.4) is 0 Å². The van der Waals surface area contributed by atoms with Crippen LogP contribution in [0.1, 0.15) is 109 Å². The van der Waals surface area contributed by atoms with E-state index in [-0.39, 0.29) is 56.7 Å². The van der Waals surface area contributed by atoms with Crippen molar-refractivity contribution in [3.05, 3.63) is 89.8 Å². The van der Waals surface area contributed by atoms with Crippen LogP contribution in [-0.2, 0) is 48.2 Å². The van der Waals surface area contributed by atoms with E-state index >= 15 is 0 Å². The van der Waals surface area contributed by atoms with Gasteiger partial charge in [0.1, 0.15) is 11.2 Å². The first-order chi connectivity index (χ1) is 27.9. The average Bonchev–Trinajstić information content (AvgIpc) is 3.16. The van der Waals surface area contributed by atoms with Crippen molar-refractivity contribution < 1.29 is 33.4 Å². The standard InChI is InChI=1S/C45H65N7O7/c1-33(2)32-57-40(53)29-52(31-42(55)59-45(6,7)8)39-18-10-9-17-38(39)51(30-41(54)58-44(3,4)5)28-37-20-19-34(25-49-37)43(56)48-23-24-50(26-35-15-11-13-21-46-35)27-36-16-12-14-22-47-36/h11-16,19-22,25,33,38-39H,9-10,17-18,23-24,26-32H2,1-8H3,(H,48,56). The Morgan fingerprint density at radius 1 is 0.695 bits per heavy atom. The Bertz CT molecular complexity index is 1720. The van der Waals surface area contributed by atoms with Gasteiger partial charge in [0.05, 0.1) is 48.9 Å². The summed E-state index contributed by atoms with van der Waals surface area (Å²) in [4.78, 5) is 72.8. The molecule has 1 aliphatic rings. The van der Waals surface area contributed by atoms with E-state index in [9.17, 15) is 19.2 Å². The van der Waals surface area contributed by atoms with Crippen molar-refractivity contribution in [2.75, 3.05) is 39.3 Å². The van der Waals surface area contributed by atoms with Gasteiger partial charge in [-0.25, -0.2) is 0 Å². The van der Waals surface area contributed by atoms with E-state index in [1.54, 1.807) is 30.7 Å². The fraction of sp³-hybridized carbons (Fsp3) is 0.578. The predicted octanol–water partition coefficient (Wildman–Crippen LogP) is 5.60. The van der Waals surface area contributed by atoms with Gasteiger partial charge < -0.3 is 19.5 Å². The number of hydrogen-bond donors (Lipinski definition) is 1. The maximum atomic E-state index is 13.4. The number of pyridine rings is 3. The van der Waals surface area contributed by atoms with Crippen LogP contribution >= 0.6 is 0 Å². The fourth-order valence-corrected chi connectivity index (χ4v) is 7.02. The van der Waals surface area contributed by atoms with Crippen molar-refractivity contribution in [3.8, 4) is 0 Å². The van der Waals surface area contributed by atoms with E-state index in [0.29, 0.717) is 43.9 Å². The summed E-state index contributed by atoms with van der Waals surface area (Å²) in [5.41, 5.74) is 1.52. The Kier molecular flexibility index (Phi) is 17.9. The highest BCUT2D eigenvalue weighted by molar-refractivity contribution is 5.93. The molecule has 3 aromatic rings. The number of ether oxygens (including phenoxy) is 3. The van der Waals surface area contributed by atoms with Gasteiger partial charge in [0.15, 0.2) is 0 Å². The molecule has 0 radical (unpaired) electrons. The summed E-state index contributed by atoms with van der Waals surface area (Å²) in [7, 11) is 0. The number of rotatable bonds is 20. The van der Waals surface area contributed by atoms with E-state index in [1.165, 1.54) is 0 Å². The minimum absolute atomic E-state index is 0.0338. The number of carbonyl (C=O) groups excluding carboxylic acids is 4. The van der Waals surface area contributed by atoms with Crippen LogP contribution in [0.2, 0.25) is 0 Å². The Morgan fingerprint density at radius 2 is 1.22 bits per heavy atom. The lowest BCUT2D eigenvalue weighted by Crippen LogP contribution is -2.57. The monoisotopic (exact) mass is 815 g/mol. The third-order valence-corrected chi connectivity index (χ3v) is 9.44. The maximum Gasteiger partial charge on any atom is 0.320 e. The molecule has 1 N–H and O–H groups in total. The second kappa shape index (κ2) is 22.5. The molecule has 1 fully saturated rings. The van der Waals surface area contributed by atoms with E-state index in [0.717, 1.165) is 30.7 Å². The molecule has 14 nitrogen and oxygen atoms in total. The highest BCUT2D eigenvalue weighted by Crippen LogP contribution is 2.29. The zero-order valence-corrected chi connectivity index (χ0v) is 36.3. The minimum atomic E-state index is -0.704. The lowest BCUT2D eigenvalue weighted by molar-refractivity contribution is -0.162. The van der Waals surface area contributed by atoms with Gasteiger partial charge in [0.2, 0.25) is 0 Å².